The lowest BCUT2D eigenvalue weighted by Gasteiger charge is -2.12. The maximum Gasteiger partial charge on any atom is 0.336 e. The van der Waals surface area contributed by atoms with E-state index in [0.29, 0.717) is 28.2 Å². The number of hydrogen-bond donors (Lipinski definition) is 1. The zero-order chi connectivity index (χ0) is 31.5. The van der Waals surface area contributed by atoms with E-state index in [0.717, 1.165) is 0 Å². The van der Waals surface area contributed by atoms with E-state index >= 15 is 0 Å². The summed E-state index contributed by atoms with van der Waals surface area (Å²) in [7, 11) is 4.25. The molecule has 0 heterocycles. The molecule has 1 N–H and O–H groups in total. The van der Waals surface area contributed by atoms with Crippen LogP contribution in [0.15, 0.2) is 66.2 Å². The zero-order valence-corrected chi connectivity index (χ0v) is 24.2. The molecular formula is C32H30O11. The molecule has 0 saturated carbocycles. The van der Waals surface area contributed by atoms with Crippen LogP contribution >= 0.6 is 0 Å². The van der Waals surface area contributed by atoms with Crippen LogP contribution in [0.1, 0.15) is 30.5 Å². The number of hydrogen-bond acceptors (Lipinski definition) is 10. The number of carbonyl (C=O) groups is 4. The first kappa shape index (κ1) is 31.9. The van der Waals surface area contributed by atoms with Crippen LogP contribution in [0.2, 0.25) is 0 Å². The van der Waals surface area contributed by atoms with Gasteiger partial charge in [-0.3, -0.25) is 9.59 Å². The third kappa shape index (κ3) is 9.22. The van der Waals surface area contributed by atoms with E-state index in [2.05, 4.69) is 0 Å². The smallest absolute Gasteiger partial charge is 0.336 e. The zero-order valence-electron chi connectivity index (χ0n) is 24.2. The van der Waals surface area contributed by atoms with E-state index in [1.165, 1.54) is 71.6 Å². The Labute approximate surface area is 247 Å². The van der Waals surface area contributed by atoms with Gasteiger partial charge in [-0.1, -0.05) is 18.2 Å². The van der Waals surface area contributed by atoms with Crippen molar-refractivity contribution in [2.24, 2.45) is 0 Å². The number of rotatable bonds is 12. The maximum atomic E-state index is 12.5. The largest absolute Gasteiger partial charge is 0.496 e. The Balaban J connectivity index is 1.76. The van der Waals surface area contributed by atoms with Crippen LogP contribution < -0.4 is 28.4 Å². The summed E-state index contributed by atoms with van der Waals surface area (Å²) in [5, 5.41) is 9.86. The summed E-state index contributed by atoms with van der Waals surface area (Å²) in [4.78, 5) is 47.1. The van der Waals surface area contributed by atoms with E-state index in [1.54, 1.807) is 36.4 Å². The molecular weight excluding hydrogens is 560 g/mol. The van der Waals surface area contributed by atoms with Gasteiger partial charge in [-0.2, -0.15) is 0 Å². The van der Waals surface area contributed by atoms with Crippen molar-refractivity contribution >= 4 is 36.0 Å². The van der Waals surface area contributed by atoms with Crippen molar-refractivity contribution in [3.63, 3.8) is 0 Å². The van der Waals surface area contributed by atoms with E-state index in [9.17, 15) is 24.3 Å². The highest BCUT2D eigenvalue weighted by Crippen LogP contribution is 2.32. The normalized spacial score (nSPS) is 11.0. The standard InChI is InChI=1S/C32H30O11/c1-19(33)41-26-11-6-21(15-29(26)39-4)8-13-31(35)43-25-10-9-23(28(18-25)38-3)17-24(32(36)37)14-22-7-12-27(42-20(2)34)30(16-22)40-5/h6-16,18H,17H2,1-5H3,(H,36,37)/b13-8+,24-14+. The van der Waals surface area contributed by atoms with Gasteiger partial charge in [0.1, 0.15) is 11.5 Å². The summed E-state index contributed by atoms with van der Waals surface area (Å²) in [6.45, 7) is 2.54. The van der Waals surface area contributed by atoms with Gasteiger partial charge in [-0.15, -0.1) is 0 Å². The average molecular weight is 591 g/mol. The van der Waals surface area contributed by atoms with Crippen LogP contribution in [-0.2, 0) is 25.6 Å². The summed E-state index contributed by atoms with van der Waals surface area (Å²) in [6.07, 6.45) is 4.18. The number of carbonyl (C=O) groups excluding carboxylic acids is 3. The second-order valence-electron chi connectivity index (χ2n) is 8.89. The van der Waals surface area contributed by atoms with E-state index < -0.39 is 23.9 Å². The fourth-order valence-electron chi connectivity index (χ4n) is 3.88. The van der Waals surface area contributed by atoms with E-state index in [-0.39, 0.29) is 35.0 Å². The van der Waals surface area contributed by atoms with Gasteiger partial charge < -0.3 is 33.5 Å². The third-order valence-electron chi connectivity index (χ3n) is 5.77. The van der Waals surface area contributed by atoms with Crippen molar-refractivity contribution in [2.75, 3.05) is 21.3 Å². The molecule has 0 unspecified atom stereocenters. The van der Waals surface area contributed by atoms with Gasteiger partial charge >= 0.3 is 23.9 Å². The molecule has 0 bridgehead atoms. The first-order chi connectivity index (χ1) is 20.5. The van der Waals surface area contributed by atoms with Gasteiger partial charge in [-0.05, 0) is 59.2 Å². The SMILES string of the molecule is COc1cc(OC(=O)/C=C/c2ccc(OC(C)=O)c(OC)c2)ccc1C/C(=C\c1ccc(OC(C)=O)c(OC)c1)C(=O)O. The lowest BCUT2D eigenvalue weighted by molar-refractivity contribution is -0.133. The fourth-order valence-corrected chi connectivity index (χ4v) is 3.88. The van der Waals surface area contributed by atoms with Gasteiger partial charge in [0.15, 0.2) is 23.0 Å². The van der Waals surface area contributed by atoms with Gasteiger partial charge in [-0.25, -0.2) is 9.59 Å². The lowest BCUT2D eigenvalue weighted by Crippen LogP contribution is -2.07. The van der Waals surface area contributed by atoms with Crippen LogP contribution in [0, 0.1) is 0 Å². The third-order valence-corrected chi connectivity index (χ3v) is 5.77. The second-order valence-corrected chi connectivity index (χ2v) is 8.89. The van der Waals surface area contributed by atoms with Crippen molar-refractivity contribution in [1.82, 2.24) is 0 Å². The Morgan fingerprint density at radius 2 is 1.23 bits per heavy atom. The average Bonchev–Trinajstić information content (AvgIpc) is 2.96. The topological polar surface area (TPSA) is 144 Å². The maximum absolute atomic E-state index is 12.5. The number of ether oxygens (including phenoxy) is 6. The van der Waals surface area contributed by atoms with Gasteiger partial charge in [0.2, 0.25) is 0 Å². The Morgan fingerprint density at radius 3 is 1.77 bits per heavy atom. The fraction of sp³-hybridized carbons (Fsp3) is 0.188. The number of esters is 3. The summed E-state index contributed by atoms with van der Waals surface area (Å²) < 4.78 is 31.5. The highest BCUT2D eigenvalue weighted by atomic mass is 16.6. The number of methoxy groups -OCH3 is 3. The molecule has 3 aromatic carbocycles. The summed E-state index contributed by atoms with van der Waals surface area (Å²) in [5.74, 6) is -1.28. The first-order valence-corrected chi connectivity index (χ1v) is 12.8. The molecule has 11 nitrogen and oxygen atoms in total. The van der Waals surface area contributed by atoms with E-state index in [4.69, 9.17) is 28.4 Å². The number of benzene rings is 3. The monoisotopic (exact) mass is 590 g/mol. The van der Waals surface area contributed by atoms with Crippen molar-refractivity contribution in [3.8, 4) is 34.5 Å². The molecule has 0 aliphatic rings. The molecule has 0 radical (unpaired) electrons. The summed E-state index contributed by atoms with van der Waals surface area (Å²) in [5.41, 5.74) is 1.70. The predicted molar refractivity (Wildman–Crippen MR) is 156 cm³/mol. The Bertz CT molecular complexity index is 1580. The van der Waals surface area contributed by atoms with Crippen LogP contribution in [0.4, 0.5) is 0 Å². The molecule has 43 heavy (non-hydrogen) atoms. The quantitative estimate of drug-likeness (QED) is 0.175. The highest BCUT2D eigenvalue weighted by molar-refractivity contribution is 5.93. The summed E-state index contributed by atoms with van der Waals surface area (Å²) >= 11 is 0. The molecule has 0 saturated heterocycles. The Hall–Kier alpha value is -5.58. The molecule has 0 amide bonds. The molecule has 3 rings (SSSR count). The van der Waals surface area contributed by atoms with Crippen molar-refractivity contribution < 1.29 is 52.7 Å². The molecule has 224 valence electrons. The first-order valence-electron chi connectivity index (χ1n) is 12.8. The van der Waals surface area contributed by atoms with E-state index in [1.807, 2.05) is 0 Å². The predicted octanol–water partition coefficient (Wildman–Crippen LogP) is 4.89. The van der Waals surface area contributed by atoms with Gasteiger partial charge in [0, 0.05) is 38.0 Å². The van der Waals surface area contributed by atoms with Crippen molar-refractivity contribution in [2.45, 2.75) is 20.3 Å². The second kappa shape index (κ2) is 14.9. The van der Waals surface area contributed by atoms with Crippen molar-refractivity contribution in [1.29, 1.82) is 0 Å². The van der Waals surface area contributed by atoms with Crippen LogP contribution in [0.5, 0.6) is 34.5 Å². The van der Waals surface area contributed by atoms with Gasteiger partial charge in [0.25, 0.3) is 0 Å². The van der Waals surface area contributed by atoms with Crippen LogP contribution in [0.3, 0.4) is 0 Å². The lowest BCUT2D eigenvalue weighted by atomic mass is 10.0. The molecule has 3 aromatic rings. The molecule has 0 fully saturated rings. The number of aliphatic carboxylic acids is 1. The molecule has 0 aromatic heterocycles. The minimum atomic E-state index is -1.15. The number of carboxylic acids is 1. The number of carboxylic acid groups (broad SMARTS) is 1. The molecule has 0 aliphatic carbocycles. The molecule has 0 spiro atoms. The minimum absolute atomic E-state index is 0.00812. The van der Waals surface area contributed by atoms with Crippen LogP contribution in [-0.4, -0.2) is 50.3 Å². The highest BCUT2D eigenvalue weighted by Gasteiger charge is 2.15. The molecule has 0 aliphatic heterocycles. The Kier molecular flexibility index (Phi) is 11.1. The summed E-state index contributed by atoms with van der Waals surface area (Å²) in [6, 6.07) is 14.1. The molecule has 11 heteroatoms. The Morgan fingerprint density at radius 1 is 0.674 bits per heavy atom. The van der Waals surface area contributed by atoms with Crippen LogP contribution in [0.25, 0.3) is 12.2 Å². The van der Waals surface area contributed by atoms with Gasteiger partial charge in [0.05, 0.1) is 21.3 Å². The van der Waals surface area contributed by atoms with Crippen molar-refractivity contribution in [3.05, 3.63) is 82.9 Å². The minimum Gasteiger partial charge on any atom is -0.496 e. The molecule has 0 atom stereocenters.